The lowest BCUT2D eigenvalue weighted by molar-refractivity contribution is -0.139. The smallest absolute Gasteiger partial charge is 0.312 e. The third kappa shape index (κ3) is 2.50. The maximum atomic E-state index is 12.9. The molecule has 1 amide bonds. The van der Waals surface area contributed by atoms with Gasteiger partial charge in [-0.05, 0) is 25.0 Å². The van der Waals surface area contributed by atoms with Crippen LogP contribution in [-0.2, 0) is 18.4 Å². The van der Waals surface area contributed by atoms with Crippen LogP contribution in [0.5, 0.6) is 0 Å². The lowest BCUT2D eigenvalue weighted by atomic mass is 9.89. The first-order valence-electron chi connectivity index (χ1n) is 7.50. The number of carboxylic acids is 1. The summed E-state index contributed by atoms with van der Waals surface area (Å²) in [4.78, 5) is 26.1. The van der Waals surface area contributed by atoms with Gasteiger partial charge in [0.25, 0.3) is 5.91 Å². The number of carboxylic acid groups (broad SMARTS) is 1. The molecule has 6 nitrogen and oxygen atoms in total. The molecule has 1 aliphatic heterocycles. The molecule has 1 aromatic carbocycles. The Morgan fingerprint density at radius 2 is 1.96 bits per heavy atom. The molecule has 2 heterocycles. The van der Waals surface area contributed by atoms with Crippen LogP contribution in [0.3, 0.4) is 0 Å². The van der Waals surface area contributed by atoms with Crippen molar-refractivity contribution >= 4 is 11.9 Å². The molecule has 0 bridgehead atoms. The van der Waals surface area contributed by atoms with Crippen LogP contribution in [0.4, 0.5) is 0 Å². The molecule has 0 spiro atoms. The van der Waals surface area contributed by atoms with Crippen LogP contribution in [0.15, 0.2) is 24.3 Å². The Morgan fingerprint density at radius 3 is 2.57 bits per heavy atom. The fourth-order valence-electron chi connectivity index (χ4n) is 3.21. The molecule has 1 N–H and O–H groups in total. The zero-order valence-electron chi connectivity index (χ0n) is 13.4. The maximum absolute atomic E-state index is 12.9. The Bertz CT molecular complexity index is 794. The number of aliphatic carboxylic acids is 1. The van der Waals surface area contributed by atoms with E-state index in [0.717, 1.165) is 16.8 Å². The Balaban J connectivity index is 1.99. The third-order valence-corrected chi connectivity index (χ3v) is 4.50. The van der Waals surface area contributed by atoms with Crippen molar-refractivity contribution in [3.8, 4) is 0 Å². The van der Waals surface area contributed by atoms with Gasteiger partial charge in [-0.25, -0.2) is 0 Å². The number of aromatic nitrogens is 2. The van der Waals surface area contributed by atoms with Gasteiger partial charge in [0, 0.05) is 25.8 Å². The molecule has 120 valence electrons. The van der Waals surface area contributed by atoms with Gasteiger partial charge >= 0.3 is 5.97 Å². The molecule has 3 rings (SSSR count). The molecular formula is C17H19N3O3. The Kier molecular flexibility index (Phi) is 3.67. The summed E-state index contributed by atoms with van der Waals surface area (Å²) in [5.41, 5.74) is 3.71. The highest BCUT2D eigenvalue weighted by atomic mass is 16.4. The van der Waals surface area contributed by atoms with Gasteiger partial charge in [-0.3, -0.25) is 14.3 Å². The number of hydrogen-bond acceptors (Lipinski definition) is 3. The first-order valence-corrected chi connectivity index (χ1v) is 7.50. The third-order valence-electron chi connectivity index (χ3n) is 4.50. The summed E-state index contributed by atoms with van der Waals surface area (Å²) in [5.74, 6) is -1.76. The minimum atomic E-state index is -0.908. The summed E-state index contributed by atoms with van der Waals surface area (Å²) in [5, 5.41) is 13.8. The van der Waals surface area contributed by atoms with Crippen LogP contribution < -0.4 is 0 Å². The van der Waals surface area contributed by atoms with Gasteiger partial charge in [0.2, 0.25) is 0 Å². The Labute approximate surface area is 134 Å². The Hall–Kier alpha value is -2.63. The molecule has 0 saturated carbocycles. The summed E-state index contributed by atoms with van der Waals surface area (Å²) >= 11 is 0. The second kappa shape index (κ2) is 5.53. The van der Waals surface area contributed by atoms with Crippen LogP contribution in [0.1, 0.15) is 38.8 Å². The molecule has 0 radical (unpaired) electrons. The van der Waals surface area contributed by atoms with Crippen LogP contribution in [-0.4, -0.2) is 38.2 Å². The largest absolute Gasteiger partial charge is 0.481 e. The fraction of sp³-hybridized carbons (Fsp3) is 0.353. The Morgan fingerprint density at radius 1 is 1.26 bits per heavy atom. The summed E-state index contributed by atoms with van der Waals surface area (Å²) in [6.07, 6.45) is 0. The summed E-state index contributed by atoms with van der Waals surface area (Å²) in [7, 11) is 1.80. The second-order valence-electron chi connectivity index (χ2n) is 5.94. The number of nitrogens with zero attached hydrogens (tertiary/aromatic N) is 3. The second-order valence-corrected chi connectivity index (χ2v) is 5.94. The highest BCUT2D eigenvalue weighted by molar-refractivity contribution is 5.97. The van der Waals surface area contributed by atoms with Crippen molar-refractivity contribution in [3.05, 3.63) is 52.3 Å². The normalized spacial score (nSPS) is 17.0. The molecule has 1 aromatic heterocycles. The number of benzene rings is 1. The van der Waals surface area contributed by atoms with E-state index in [4.69, 9.17) is 0 Å². The van der Waals surface area contributed by atoms with Crippen LogP contribution >= 0.6 is 0 Å². The van der Waals surface area contributed by atoms with E-state index in [2.05, 4.69) is 5.10 Å². The van der Waals surface area contributed by atoms with E-state index >= 15 is 0 Å². The number of carbonyl (C=O) groups excluding carboxylic acids is 1. The monoisotopic (exact) mass is 313 g/mol. The number of amides is 1. The zero-order chi connectivity index (χ0) is 16.7. The van der Waals surface area contributed by atoms with Crippen molar-refractivity contribution in [2.24, 2.45) is 7.05 Å². The molecule has 0 fully saturated rings. The van der Waals surface area contributed by atoms with Crippen molar-refractivity contribution in [3.63, 3.8) is 0 Å². The summed E-state index contributed by atoms with van der Waals surface area (Å²) < 4.78 is 1.68. The zero-order valence-corrected chi connectivity index (χ0v) is 13.4. The standard InChI is InChI=1S/C17H19N3O3/c1-10-15(11(2)19(3)18-10)16(21)20-8-12-6-4-5-7-13(12)14(9-20)17(22)23/h4-7,14H,8-9H2,1-3H3,(H,22,23). The van der Waals surface area contributed by atoms with Gasteiger partial charge < -0.3 is 10.0 Å². The van der Waals surface area contributed by atoms with E-state index in [1.54, 1.807) is 23.6 Å². The van der Waals surface area contributed by atoms with Crippen LogP contribution in [0.2, 0.25) is 0 Å². The highest BCUT2D eigenvalue weighted by Gasteiger charge is 2.34. The molecule has 0 aliphatic carbocycles. The first-order chi connectivity index (χ1) is 10.9. The van der Waals surface area contributed by atoms with Gasteiger partial charge in [0.1, 0.15) is 0 Å². The lowest BCUT2D eigenvalue weighted by Crippen LogP contribution is -2.41. The summed E-state index contributed by atoms with van der Waals surface area (Å²) in [6, 6.07) is 7.41. The first kappa shape index (κ1) is 15.3. The molecule has 2 aromatic rings. The van der Waals surface area contributed by atoms with E-state index < -0.39 is 11.9 Å². The maximum Gasteiger partial charge on any atom is 0.312 e. The molecule has 1 atom stereocenters. The van der Waals surface area contributed by atoms with Gasteiger partial charge in [0.15, 0.2) is 0 Å². The average Bonchev–Trinajstić information content (AvgIpc) is 2.78. The number of rotatable bonds is 2. The fourth-order valence-corrected chi connectivity index (χ4v) is 3.21. The molecule has 1 unspecified atom stereocenters. The predicted molar refractivity (Wildman–Crippen MR) is 84.2 cm³/mol. The number of aryl methyl sites for hydroxylation is 2. The van der Waals surface area contributed by atoms with E-state index in [-0.39, 0.29) is 12.5 Å². The minimum absolute atomic E-state index is 0.158. The quantitative estimate of drug-likeness (QED) is 0.918. The molecule has 23 heavy (non-hydrogen) atoms. The van der Waals surface area contributed by atoms with Crippen LogP contribution in [0.25, 0.3) is 0 Å². The lowest BCUT2D eigenvalue weighted by Gasteiger charge is -2.33. The van der Waals surface area contributed by atoms with Crippen molar-refractivity contribution < 1.29 is 14.7 Å². The average molecular weight is 313 g/mol. The SMILES string of the molecule is Cc1nn(C)c(C)c1C(=O)N1Cc2ccccc2C(C(=O)O)C1. The minimum Gasteiger partial charge on any atom is -0.481 e. The molecular weight excluding hydrogens is 294 g/mol. The summed E-state index contributed by atoms with van der Waals surface area (Å²) in [6.45, 7) is 4.25. The predicted octanol–water partition coefficient (Wildman–Crippen LogP) is 1.86. The van der Waals surface area contributed by atoms with Gasteiger partial charge in [-0.2, -0.15) is 5.10 Å². The van der Waals surface area contributed by atoms with Crippen molar-refractivity contribution in [2.75, 3.05) is 6.54 Å². The van der Waals surface area contributed by atoms with E-state index in [1.165, 1.54) is 0 Å². The van der Waals surface area contributed by atoms with Crippen molar-refractivity contribution in [2.45, 2.75) is 26.3 Å². The van der Waals surface area contributed by atoms with Crippen molar-refractivity contribution in [1.82, 2.24) is 14.7 Å². The van der Waals surface area contributed by atoms with E-state index in [1.807, 2.05) is 31.2 Å². The molecule has 1 aliphatic rings. The van der Waals surface area contributed by atoms with Gasteiger partial charge in [0.05, 0.1) is 17.2 Å². The number of carbonyl (C=O) groups is 2. The number of hydrogen-bond donors (Lipinski definition) is 1. The van der Waals surface area contributed by atoms with E-state index in [9.17, 15) is 14.7 Å². The van der Waals surface area contributed by atoms with Gasteiger partial charge in [-0.15, -0.1) is 0 Å². The molecule has 0 saturated heterocycles. The van der Waals surface area contributed by atoms with Gasteiger partial charge in [-0.1, -0.05) is 24.3 Å². The van der Waals surface area contributed by atoms with Crippen molar-refractivity contribution in [1.29, 1.82) is 0 Å². The van der Waals surface area contributed by atoms with E-state index in [0.29, 0.717) is 17.8 Å². The molecule has 6 heteroatoms. The van der Waals surface area contributed by atoms with Crippen LogP contribution in [0, 0.1) is 13.8 Å². The topological polar surface area (TPSA) is 75.4 Å². The highest BCUT2D eigenvalue weighted by Crippen LogP contribution is 2.30. The number of fused-ring (bicyclic) bond motifs is 1.